The number of carbonyl (C=O) groups excluding carboxylic acids is 1. The Hall–Kier alpha value is -2.28. The number of aromatic nitrogens is 2. The van der Waals surface area contributed by atoms with Gasteiger partial charge in [-0.3, -0.25) is 9.78 Å². The van der Waals surface area contributed by atoms with E-state index in [1.54, 1.807) is 6.20 Å². The normalized spacial score (nSPS) is 15.0. The number of hydrogen-bond donors (Lipinski definition) is 1. The third-order valence-corrected chi connectivity index (χ3v) is 5.92. The number of halogens is 1. The molecule has 3 heterocycles. The Labute approximate surface area is 166 Å². The Morgan fingerprint density at radius 3 is 2.74 bits per heavy atom. The molecule has 138 valence electrons. The summed E-state index contributed by atoms with van der Waals surface area (Å²) in [4.78, 5) is 21.0. The lowest BCUT2D eigenvalue weighted by molar-refractivity contribution is 0.0852. The molecular weight excluding hydrogens is 382 g/mol. The lowest BCUT2D eigenvalue weighted by Crippen LogP contribution is -2.17. The van der Waals surface area contributed by atoms with Crippen LogP contribution in [0.15, 0.2) is 41.9 Å². The maximum atomic E-state index is 11.9. The smallest absolute Gasteiger partial charge is 0.268 e. The van der Waals surface area contributed by atoms with E-state index >= 15 is 0 Å². The van der Waals surface area contributed by atoms with E-state index in [0.717, 1.165) is 42.9 Å². The van der Waals surface area contributed by atoms with Crippen LogP contribution in [0, 0.1) is 0 Å². The Bertz CT molecular complexity index is 983. The van der Waals surface area contributed by atoms with Crippen molar-refractivity contribution in [3.05, 3.63) is 58.2 Å². The van der Waals surface area contributed by atoms with Crippen molar-refractivity contribution in [2.24, 2.45) is 5.73 Å². The van der Waals surface area contributed by atoms with Gasteiger partial charge in [0, 0.05) is 40.9 Å². The minimum absolute atomic E-state index is 0.242. The summed E-state index contributed by atoms with van der Waals surface area (Å²) >= 11 is 7.74. The van der Waals surface area contributed by atoms with Gasteiger partial charge >= 0.3 is 0 Å². The van der Waals surface area contributed by atoms with E-state index in [9.17, 15) is 4.79 Å². The van der Waals surface area contributed by atoms with E-state index in [1.807, 2.05) is 35.7 Å². The van der Waals surface area contributed by atoms with E-state index in [0.29, 0.717) is 21.5 Å². The number of thiazole rings is 1. The molecule has 2 N–H and O–H groups in total. The maximum Gasteiger partial charge on any atom is 0.268 e. The minimum atomic E-state index is -0.557. The van der Waals surface area contributed by atoms with Crippen molar-refractivity contribution in [3.63, 3.8) is 0 Å². The topological polar surface area (TPSA) is 78.1 Å². The second kappa shape index (κ2) is 7.76. The Morgan fingerprint density at radius 1 is 1.22 bits per heavy atom. The highest BCUT2D eigenvalue weighted by Gasteiger charge is 2.21. The standard InChI is InChI=1S/C20H18ClN3O2S/c21-16-4-2-1-3-14(16)17-11-27-20(24-17)15-9-13(10-23-18(15)19(22)25)12-5-7-26-8-6-12/h1-4,9-12H,5-8H2,(H2,22,25). The monoisotopic (exact) mass is 399 g/mol. The fourth-order valence-corrected chi connectivity index (χ4v) is 4.35. The minimum Gasteiger partial charge on any atom is -0.381 e. The molecule has 0 saturated carbocycles. The Kier molecular flexibility index (Phi) is 5.20. The molecule has 1 fully saturated rings. The number of pyridine rings is 1. The van der Waals surface area contributed by atoms with Crippen LogP contribution in [0.1, 0.15) is 34.8 Å². The second-order valence-corrected chi connectivity index (χ2v) is 7.70. The highest BCUT2D eigenvalue weighted by molar-refractivity contribution is 7.13. The van der Waals surface area contributed by atoms with Crippen LogP contribution in [0.3, 0.4) is 0 Å². The quantitative estimate of drug-likeness (QED) is 0.699. The zero-order valence-electron chi connectivity index (χ0n) is 14.5. The third kappa shape index (κ3) is 3.74. The van der Waals surface area contributed by atoms with Gasteiger partial charge in [0.2, 0.25) is 0 Å². The number of benzene rings is 1. The molecule has 1 aliphatic rings. The van der Waals surface area contributed by atoms with Gasteiger partial charge in [0.1, 0.15) is 10.7 Å². The Morgan fingerprint density at radius 2 is 2.00 bits per heavy atom. The highest BCUT2D eigenvalue weighted by atomic mass is 35.5. The van der Waals surface area contributed by atoms with E-state index in [1.165, 1.54) is 11.3 Å². The van der Waals surface area contributed by atoms with Crippen LogP contribution in [0.5, 0.6) is 0 Å². The van der Waals surface area contributed by atoms with Crippen molar-refractivity contribution in [3.8, 4) is 21.8 Å². The van der Waals surface area contributed by atoms with Gasteiger partial charge in [-0.1, -0.05) is 29.8 Å². The van der Waals surface area contributed by atoms with Gasteiger partial charge in [-0.25, -0.2) is 4.98 Å². The van der Waals surface area contributed by atoms with Gasteiger partial charge < -0.3 is 10.5 Å². The van der Waals surface area contributed by atoms with Crippen LogP contribution < -0.4 is 5.73 Å². The van der Waals surface area contributed by atoms with Crippen molar-refractivity contribution in [1.82, 2.24) is 9.97 Å². The molecule has 1 aliphatic heterocycles. The molecule has 0 atom stereocenters. The predicted molar refractivity (Wildman–Crippen MR) is 107 cm³/mol. The lowest BCUT2D eigenvalue weighted by atomic mass is 9.91. The first-order valence-corrected chi connectivity index (χ1v) is 9.97. The van der Waals surface area contributed by atoms with Crippen molar-refractivity contribution < 1.29 is 9.53 Å². The van der Waals surface area contributed by atoms with E-state index < -0.39 is 5.91 Å². The number of carbonyl (C=O) groups is 1. The van der Waals surface area contributed by atoms with Gasteiger partial charge in [0.25, 0.3) is 5.91 Å². The van der Waals surface area contributed by atoms with Gasteiger partial charge in [-0.2, -0.15) is 0 Å². The molecule has 7 heteroatoms. The molecule has 1 amide bonds. The molecule has 2 aromatic heterocycles. The van der Waals surface area contributed by atoms with E-state index in [4.69, 9.17) is 27.1 Å². The van der Waals surface area contributed by atoms with Crippen molar-refractivity contribution >= 4 is 28.8 Å². The molecule has 0 unspecified atom stereocenters. The summed E-state index contributed by atoms with van der Waals surface area (Å²) in [5.74, 6) is -0.187. The number of nitrogens with zero attached hydrogens (tertiary/aromatic N) is 2. The third-order valence-electron chi connectivity index (χ3n) is 4.72. The summed E-state index contributed by atoms with van der Waals surface area (Å²) in [6.07, 6.45) is 3.64. The maximum absolute atomic E-state index is 11.9. The van der Waals surface area contributed by atoms with Gasteiger partial charge in [0.15, 0.2) is 0 Å². The summed E-state index contributed by atoms with van der Waals surface area (Å²) < 4.78 is 5.44. The fraction of sp³-hybridized carbons (Fsp3) is 0.250. The van der Waals surface area contributed by atoms with Crippen molar-refractivity contribution in [2.75, 3.05) is 13.2 Å². The predicted octanol–water partition coefficient (Wildman–Crippen LogP) is 4.52. The molecule has 0 aliphatic carbocycles. The molecule has 1 aromatic carbocycles. The summed E-state index contributed by atoms with van der Waals surface area (Å²) in [6.45, 7) is 1.48. The molecule has 0 spiro atoms. The van der Waals surface area contributed by atoms with E-state index in [-0.39, 0.29) is 5.69 Å². The van der Waals surface area contributed by atoms with Crippen LogP contribution >= 0.6 is 22.9 Å². The first-order chi connectivity index (χ1) is 13.1. The fourth-order valence-electron chi connectivity index (χ4n) is 3.28. The molecule has 3 aromatic rings. The van der Waals surface area contributed by atoms with Crippen molar-refractivity contribution in [2.45, 2.75) is 18.8 Å². The van der Waals surface area contributed by atoms with Crippen LogP contribution in [0.2, 0.25) is 5.02 Å². The second-order valence-electron chi connectivity index (χ2n) is 6.43. The summed E-state index contributed by atoms with van der Waals surface area (Å²) in [5.41, 5.74) is 9.19. The number of nitrogens with two attached hydrogens (primary N) is 1. The number of rotatable bonds is 4. The van der Waals surface area contributed by atoms with Gasteiger partial charge in [0.05, 0.1) is 5.69 Å². The summed E-state index contributed by atoms with van der Waals surface area (Å²) in [7, 11) is 0. The molecule has 27 heavy (non-hydrogen) atoms. The van der Waals surface area contributed by atoms with Crippen LogP contribution in [0.4, 0.5) is 0 Å². The zero-order valence-corrected chi connectivity index (χ0v) is 16.1. The first kappa shape index (κ1) is 18.1. The number of hydrogen-bond acceptors (Lipinski definition) is 5. The number of ether oxygens (including phenoxy) is 1. The van der Waals surface area contributed by atoms with Crippen LogP contribution in [-0.4, -0.2) is 29.1 Å². The molecule has 0 radical (unpaired) electrons. The largest absolute Gasteiger partial charge is 0.381 e. The highest BCUT2D eigenvalue weighted by Crippen LogP contribution is 2.35. The van der Waals surface area contributed by atoms with Crippen molar-refractivity contribution in [1.29, 1.82) is 0 Å². The van der Waals surface area contributed by atoms with Crippen LogP contribution in [0.25, 0.3) is 21.8 Å². The molecule has 5 nitrogen and oxygen atoms in total. The van der Waals surface area contributed by atoms with Gasteiger partial charge in [-0.05, 0) is 36.5 Å². The lowest BCUT2D eigenvalue weighted by Gasteiger charge is -2.22. The molecular formula is C20H18ClN3O2S. The SMILES string of the molecule is NC(=O)c1ncc(C2CCOCC2)cc1-c1nc(-c2ccccc2Cl)cs1. The molecule has 0 bridgehead atoms. The zero-order chi connectivity index (χ0) is 18.8. The van der Waals surface area contributed by atoms with Crippen LogP contribution in [-0.2, 0) is 4.74 Å². The number of amides is 1. The summed E-state index contributed by atoms with van der Waals surface area (Å²) in [6, 6.07) is 9.55. The molecule has 1 saturated heterocycles. The van der Waals surface area contributed by atoms with E-state index in [2.05, 4.69) is 4.98 Å². The Balaban J connectivity index is 1.75. The summed E-state index contributed by atoms with van der Waals surface area (Å²) in [5, 5.41) is 3.28. The van der Waals surface area contributed by atoms with Gasteiger partial charge in [-0.15, -0.1) is 11.3 Å². The average molecular weight is 400 g/mol. The molecule has 4 rings (SSSR count). The number of primary amides is 1. The first-order valence-electron chi connectivity index (χ1n) is 8.72. The average Bonchev–Trinajstić information content (AvgIpc) is 3.18.